The third kappa shape index (κ3) is 7.05. The second-order valence-corrected chi connectivity index (χ2v) is 10.1. The van der Waals surface area contributed by atoms with Crippen LogP contribution in [0.1, 0.15) is 27.7 Å². The van der Waals surface area contributed by atoms with Gasteiger partial charge in [0.1, 0.15) is 48.8 Å². The van der Waals surface area contributed by atoms with Crippen LogP contribution in [0, 0.1) is 0 Å². The number of aliphatic hydroxyl groups excluding tert-OH is 2. The Morgan fingerprint density at radius 3 is 1.81 bits per heavy atom. The molecule has 0 amide bonds. The van der Waals surface area contributed by atoms with E-state index in [-0.39, 0.29) is 48.8 Å². The number of hydrogen-bond acceptors (Lipinski definition) is 10. The van der Waals surface area contributed by atoms with E-state index in [4.69, 9.17) is 37.9 Å². The summed E-state index contributed by atoms with van der Waals surface area (Å²) >= 11 is 0. The van der Waals surface area contributed by atoms with Crippen molar-refractivity contribution < 1.29 is 48.1 Å². The fourth-order valence-electron chi connectivity index (χ4n) is 3.58. The van der Waals surface area contributed by atoms with E-state index in [1.807, 2.05) is 27.7 Å². The summed E-state index contributed by atoms with van der Waals surface area (Å²) in [6, 6.07) is 0. The fraction of sp³-hybridized carbons (Fsp3) is 1.00. The molecular weight excluding hydrogens is 424 g/mol. The minimum absolute atomic E-state index is 0.0177. The third-order valence-corrected chi connectivity index (χ3v) is 6.35. The summed E-state index contributed by atoms with van der Waals surface area (Å²) in [5.74, 6) is 0. The van der Waals surface area contributed by atoms with Gasteiger partial charge in [-0.05, 0) is 27.7 Å². The summed E-state index contributed by atoms with van der Waals surface area (Å²) in [7, 11) is 0. The Hall–Kier alpha value is -0.400. The molecule has 2 N–H and O–H groups in total. The van der Waals surface area contributed by atoms with Crippen molar-refractivity contribution in [2.24, 2.45) is 0 Å². The van der Waals surface area contributed by atoms with E-state index < -0.39 is 31.0 Å². The monoisotopic (exact) mass is 462 g/mol. The van der Waals surface area contributed by atoms with Gasteiger partial charge in [-0.3, -0.25) is 0 Å². The lowest BCUT2D eigenvalue weighted by Gasteiger charge is -2.35. The van der Waals surface area contributed by atoms with E-state index in [9.17, 15) is 10.2 Å². The molecule has 4 rings (SSSR count). The molecule has 0 spiro atoms. The van der Waals surface area contributed by atoms with Gasteiger partial charge in [-0.1, -0.05) is 0 Å². The number of aliphatic hydroxyl groups is 2. The normalized spacial score (nSPS) is 35.1. The maximum Gasteiger partial charge on any atom is 0.115 e. The molecule has 0 bridgehead atoms. The average Bonchev–Trinajstić information content (AvgIpc) is 3.56. The van der Waals surface area contributed by atoms with Crippen molar-refractivity contribution in [2.45, 2.75) is 87.7 Å². The summed E-state index contributed by atoms with van der Waals surface area (Å²) in [5, 5.41) is 20.3. The lowest BCUT2D eigenvalue weighted by Crippen LogP contribution is -2.52. The molecule has 4 heterocycles. The lowest BCUT2D eigenvalue weighted by atomic mass is 10.0. The van der Waals surface area contributed by atoms with Crippen molar-refractivity contribution in [3.05, 3.63) is 0 Å². The molecule has 4 aliphatic rings. The topological polar surface area (TPSA) is 128 Å². The Bertz CT molecular complexity index is 606. The predicted molar refractivity (Wildman–Crippen MR) is 111 cm³/mol. The Balaban J connectivity index is 1.41. The Labute approximate surface area is 189 Å². The first-order valence-corrected chi connectivity index (χ1v) is 11.5. The summed E-state index contributed by atoms with van der Waals surface area (Å²) in [5.41, 5.74) is -0.431. The SMILES string of the molecule is CC1(C)OC1COC[C@H](OCC1CO1)[C@@H](OCC1CO1)[C@H](OCC1OC1(C)C)[C@H](O)CO. The minimum Gasteiger partial charge on any atom is -0.394 e. The molecule has 4 unspecified atom stereocenters. The van der Waals surface area contributed by atoms with Crippen molar-refractivity contribution >= 4 is 0 Å². The molecule has 0 aromatic heterocycles. The molecule has 0 aromatic carbocycles. The zero-order valence-electron chi connectivity index (χ0n) is 19.4. The van der Waals surface area contributed by atoms with Crippen LogP contribution in [-0.2, 0) is 37.9 Å². The first-order chi connectivity index (χ1) is 15.2. The molecule has 0 aliphatic carbocycles. The van der Waals surface area contributed by atoms with Gasteiger partial charge >= 0.3 is 0 Å². The van der Waals surface area contributed by atoms with Crippen LogP contribution in [0.25, 0.3) is 0 Å². The second kappa shape index (κ2) is 10.1. The van der Waals surface area contributed by atoms with E-state index >= 15 is 0 Å². The van der Waals surface area contributed by atoms with E-state index in [0.717, 1.165) is 0 Å². The van der Waals surface area contributed by atoms with Crippen LogP contribution in [0.4, 0.5) is 0 Å². The smallest absolute Gasteiger partial charge is 0.115 e. The zero-order chi connectivity index (χ0) is 22.9. The number of rotatable bonds is 17. The quantitative estimate of drug-likeness (QED) is 0.277. The van der Waals surface area contributed by atoms with Crippen LogP contribution in [0.2, 0.25) is 0 Å². The number of epoxide rings is 4. The summed E-state index contributed by atoms with van der Waals surface area (Å²) in [4.78, 5) is 0. The molecule has 32 heavy (non-hydrogen) atoms. The van der Waals surface area contributed by atoms with Crippen molar-refractivity contribution in [1.82, 2.24) is 0 Å². The first kappa shape index (κ1) is 24.7. The molecule has 4 fully saturated rings. The van der Waals surface area contributed by atoms with Crippen LogP contribution in [-0.4, -0.2) is 123 Å². The van der Waals surface area contributed by atoms with Crippen LogP contribution in [0.15, 0.2) is 0 Å². The third-order valence-electron chi connectivity index (χ3n) is 6.35. The van der Waals surface area contributed by atoms with Gasteiger partial charge in [-0.2, -0.15) is 0 Å². The fourth-order valence-corrected chi connectivity index (χ4v) is 3.58. The van der Waals surface area contributed by atoms with Crippen molar-refractivity contribution in [3.63, 3.8) is 0 Å². The van der Waals surface area contributed by atoms with E-state index in [1.165, 1.54) is 0 Å². The first-order valence-electron chi connectivity index (χ1n) is 11.5. The molecule has 8 atom stereocenters. The van der Waals surface area contributed by atoms with Gasteiger partial charge in [0.2, 0.25) is 0 Å². The molecular formula is C22H38O10. The van der Waals surface area contributed by atoms with Crippen LogP contribution < -0.4 is 0 Å². The van der Waals surface area contributed by atoms with Gasteiger partial charge < -0.3 is 48.1 Å². The highest BCUT2D eigenvalue weighted by Crippen LogP contribution is 2.36. The highest BCUT2D eigenvalue weighted by atomic mass is 16.7. The molecule has 10 nitrogen and oxygen atoms in total. The molecule has 10 heteroatoms. The summed E-state index contributed by atoms with van der Waals surface area (Å²) in [6.07, 6.45) is -3.18. The minimum atomic E-state index is -1.16. The lowest BCUT2D eigenvalue weighted by molar-refractivity contribution is -0.187. The van der Waals surface area contributed by atoms with Gasteiger partial charge in [0.25, 0.3) is 0 Å². The van der Waals surface area contributed by atoms with E-state index in [1.54, 1.807) is 0 Å². The zero-order valence-corrected chi connectivity index (χ0v) is 19.4. The van der Waals surface area contributed by atoms with Crippen molar-refractivity contribution in [1.29, 1.82) is 0 Å². The largest absolute Gasteiger partial charge is 0.394 e. The van der Waals surface area contributed by atoms with Crippen molar-refractivity contribution in [3.8, 4) is 0 Å². The van der Waals surface area contributed by atoms with Gasteiger partial charge in [-0.15, -0.1) is 0 Å². The Morgan fingerprint density at radius 2 is 1.31 bits per heavy atom. The van der Waals surface area contributed by atoms with Crippen LogP contribution in [0.5, 0.6) is 0 Å². The molecule has 4 aliphatic heterocycles. The molecule has 0 saturated carbocycles. The molecule has 0 aromatic rings. The average molecular weight is 463 g/mol. The van der Waals surface area contributed by atoms with Crippen molar-refractivity contribution in [2.75, 3.05) is 52.9 Å². The van der Waals surface area contributed by atoms with E-state index in [2.05, 4.69) is 0 Å². The molecule has 4 saturated heterocycles. The molecule has 186 valence electrons. The summed E-state index contributed by atoms with van der Waals surface area (Å²) < 4.78 is 46.0. The van der Waals surface area contributed by atoms with E-state index in [0.29, 0.717) is 33.0 Å². The maximum absolute atomic E-state index is 10.6. The standard InChI is InChI=1S/C22H38O10/c1-21(2)17(31-21)11-25-10-16(28-8-13-6-26-13)20(29-9-14-7-27-14)19(15(24)5-23)30-12-18-22(3,4)32-18/h13-20,23-24H,5-12H2,1-4H3/t13?,14?,15-,16+,17?,18?,19-,20-/m1/s1. The summed E-state index contributed by atoms with van der Waals surface area (Å²) in [6.45, 7) is 10.5. The van der Waals surface area contributed by atoms with Gasteiger partial charge in [0, 0.05) is 0 Å². The Morgan fingerprint density at radius 1 is 0.812 bits per heavy atom. The van der Waals surface area contributed by atoms with Crippen LogP contribution >= 0.6 is 0 Å². The van der Waals surface area contributed by atoms with Gasteiger partial charge in [0.15, 0.2) is 0 Å². The number of hydrogen-bond donors (Lipinski definition) is 2. The van der Waals surface area contributed by atoms with Crippen LogP contribution in [0.3, 0.4) is 0 Å². The second-order valence-electron chi connectivity index (χ2n) is 10.1. The Kier molecular flexibility index (Phi) is 7.78. The maximum atomic E-state index is 10.6. The highest BCUT2D eigenvalue weighted by molar-refractivity contribution is 4.96. The molecule has 0 radical (unpaired) electrons. The van der Waals surface area contributed by atoms with Gasteiger partial charge in [-0.25, -0.2) is 0 Å². The van der Waals surface area contributed by atoms with Gasteiger partial charge in [0.05, 0.1) is 64.1 Å². The highest BCUT2D eigenvalue weighted by Gasteiger charge is 2.50. The predicted octanol–water partition coefficient (Wildman–Crippen LogP) is -0.336. The number of ether oxygens (including phenoxy) is 8.